The molecule has 23 heavy (non-hydrogen) atoms. The molecular formula is C15H17N5O3. The highest BCUT2D eigenvalue weighted by molar-refractivity contribution is 5.94. The van der Waals surface area contributed by atoms with E-state index in [9.17, 15) is 14.9 Å². The number of non-ortho nitro benzene ring substituents is 1. The second-order valence-corrected chi connectivity index (χ2v) is 5.50. The van der Waals surface area contributed by atoms with Gasteiger partial charge in [0.1, 0.15) is 0 Å². The van der Waals surface area contributed by atoms with Crippen molar-refractivity contribution in [2.75, 3.05) is 19.6 Å². The number of rotatable bonds is 3. The fourth-order valence-corrected chi connectivity index (χ4v) is 2.61. The van der Waals surface area contributed by atoms with Crippen LogP contribution < -0.4 is 5.32 Å². The van der Waals surface area contributed by atoms with Crippen molar-refractivity contribution in [2.45, 2.75) is 13.0 Å². The summed E-state index contributed by atoms with van der Waals surface area (Å²) in [6.07, 6.45) is 3.18. The predicted molar refractivity (Wildman–Crippen MR) is 83.6 cm³/mol. The third kappa shape index (κ3) is 3.07. The highest BCUT2D eigenvalue weighted by Crippen LogP contribution is 2.16. The van der Waals surface area contributed by atoms with E-state index in [1.807, 2.05) is 11.8 Å². The van der Waals surface area contributed by atoms with Crippen LogP contribution in [-0.2, 0) is 0 Å². The van der Waals surface area contributed by atoms with E-state index in [4.69, 9.17) is 0 Å². The number of carbonyl (C=O) groups excluding carboxylic acids is 1. The maximum absolute atomic E-state index is 12.6. The molecule has 8 nitrogen and oxygen atoms in total. The Kier molecular flexibility index (Phi) is 4.07. The Bertz CT molecular complexity index is 725. The number of nitro benzene ring substituents is 1. The fourth-order valence-electron chi connectivity index (χ4n) is 2.61. The molecule has 1 N–H and O–H groups in total. The lowest BCUT2D eigenvalue weighted by atomic mass is 10.2. The minimum absolute atomic E-state index is 0.0202. The number of nitrogens with zero attached hydrogens (tertiary/aromatic N) is 4. The molecule has 1 aromatic carbocycles. The summed E-state index contributed by atoms with van der Waals surface area (Å²) in [6.45, 7) is 4.24. The number of nitrogens with one attached hydrogen (secondary N) is 1. The average Bonchev–Trinajstić information content (AvgIpc) is 3.05. The van der Waals surface area contributed by atoms with Crippen LogP contribution in [0.2, 0.25) is 0 Å². The van der Waals surface area contributed by atoms with Gasteiger partial charge in [-0.25, -0.2) is 4.68 Å². The lowest BCUT2D eigenvalue weighted by Gasteiger charge is -2.33. The molecule has 0 bridgehead atoms. The first-order chi connectivity index (χ1) is 11.1. The van der Waals surface area contributed by atoms with Crippen molar-refractivity contribution in [3.05, 3.63) is 52.3 Å². The third-order valence-corrected chi connectivity index (χ3v) is 3.92. The maximum Gasteiger partial charge on any atom is 0.269 e. The van der Waals surface area contributed by atoms with Crippen LogP contribution in [0.4, 0.5) is 5.69 Å². The van der Waals surface area contributed by atoms with Gasteiger partial charge in [0.25, 0.3) is 11.6 Å². The molecule has 0 aliphatic carbocycles. The van der Waals surface area contributed by atoms with Gasteiger partial charge in [-0.15, -0.1) is 0 Å². The summed E-state index contributed by atoms with van der Waals surface area (Å²) in [6, 6.07) is 6.17. The van der Waals surface area contributed by atoms with E-state index in [0.717, 1.165) is 13.1 Å². The Morgan fingerprint density at radius 1 is 1.39 bits per heavy atom. The SMILES string of the molecule is C[C@H]1CNCCN1C(=O)c1cnn(-c2ccc([N+](=O)[O-])cc2)c1. The number of nitro groups is 1. The molecule has 3 rings (SSSR count). The number of carbonyl (C=O) groups is 1. The first kappa shape index (κ1) is 15.2. The summed E-state index contributed by atoms with van der Waals surface area (Å²) < 4.78 is 1.55. The van der Waals surface area contributed by atoms with Crippen LogP contribution in [-0.4, -0.2) is 51.2 Å². The second kappa shape index (κ2) is 6.17. The number of hydrogen-bond acceptors (Lipinski definition) is 5. The summed E-state index contributed by atoms with van der Waals surface area (Å²) in [5, 5.41) is 18.1. The van der Waals surface area contributed by atoms with E-state index in [0.29, 0.717) is 17.8 Å². The first-order valence-electron chi connectivity index (χ1n) is 7.37. The summed E-state index contributed by atoms with van der Waals surface area (Å²) in [7, 11) is 0. The summed E-state index contributed by atoms with van der Waals surface area (Å²) in [5.74, 6) is -0.0489. The molecule has 2 heterocycles. The van der Waals surface area contributed by atoms with Crippen LogP contribution in [0.1, 0.15) is 17.3 Å². The topological polar surface area (TPSA) is 93.3 Å². The molecule has 8 heteroatoms. The van der Waals surface area contributed by atoms with E-state index in [1.165, 1.54) is 18.3 Å². The molecule has 1 aliphatic rings. The van der Waals surface area contributed by atoms with Crippen LogP contribution in [0.5, 0.6) is 0 Å². The molecule has 1 aliphatic heterocycles. The quantitative estimate of drug-likeness (QED) is 0.679. The minimum atomic E-state index is -0.451. The van der Waals surface area contributed by atoms with Crippen molar-refractivity contribution >= 4 is 11.6 Å². The van der Waals surface area contributed by atoms with Crippen molar-refractivity contribution in [1.29, 1.82) is 0 Å². The van der Waals surface area contributed by atoms with Crippen LogP contribution in [0.25, 0.3) is 5.69 Å². The van der Waals surface area contributed by atoms with Gasteiger partial charge in [0.15, 0.2) is 0 Å². The van der Waals surface area contributed by atoms with Gasteiger partial charge in [-0.1, -0.05) is 0 Å². The Hall–Kier alpha value is -2.74. The van der Waals surface area contributed by atoms with E-state index < -0.39 is 4.92 Å². The molecule has 0 spiro atoms. The monoisotopic (exact) mass is 315 g/mol. The largest absolute Gasteiger partial charge is 0.333 e. The van der Waals surface area contributed by atoms with Crippen LogP contribution in [0.3, 0.4) is 0 Å². The normalized spacial score (nSPS) is 18.0. The molecule has 1 atom stereocenters. The van der Waals surface area contributed by atoms with Crippen LogP contribution in [0.15, 0.2) is 36.7 Å². The molecule has 2 aromatic rings. The predicted octanol–water partition coefficient (Wildman–Crippen LogP) is 1.21. The number of hydrogen-bond donors (Lipinski definition) is 1. The van der Waals surface area contributed by atoms with E-state index in [2.05, 4.69) is 10.4 Å². The smallest absolute Gasteiger partial charge is 0.269 e. The van der Waals surface area contributed by atoms with Gasteiger partial charge < -0.3 is 10.2 Å². The molecule has 1 fully saturated rings. The van der Waals surface area contributed by atoms with Gasteiger partial charge >= 0.3 is 0 Å². The van der Waals surface area contributed by atoms with Crippen molar-refractivity contribution < 1.29 is 9.72 Å². The summed E-state index contributed by atoms with van der Waals surface area (Å²) in [4.78, 5) is 24.6. The van der Waals surface area contributed by atoms with Gasteiger partial charge in [0, 0.05) is 44.0 Å². The Morgan fingerprint density at radius 3 is 2.78 bits per heavy atom. The molecule has 0 unspecified atom stereocenters. The Morgan fingerprint density at radius 2 is 2.13 bits per heavy atom. The summed E-state index contributed by atoms with van der Waals surface area (Å²) in [5.41, 5.74) is 1.20. The van der Waals surface area contributed by atoms with Gasteiger partial charge in [0.2, 0.25) is 0 Å². The number of amides is 1. The van der Waals surface area contributed by atoms with Crippen molar-refractivity contribution in [3.8, 4) is 5.69 Å². The third-order valence-electron chi connectivity index (χ3n) is 3.92. The van der Waals surface area contributed by atoms with E-state index in [1.54, 1.807) is 23.0 Å². The van der Waals surface area contributed by atoms with Crippen molar-refractivity contribution in [3.63, 3.8) is 0 Å². The molecule has 120 valence electrons. The molecular weight excluding hydrogens is 298 g/mol. The lowest BCUT2D eigenvalue weighted by molar-refractivity contribution is -0.384. The van der Waals surface area contributed by atoms with Gasteiger partial charge in [-0.05, 0) is 19.1 Å². The standard InChI is InChI=1S/C15H17N5O3/c1-11-8-16-6-7-18(11)15(21)12-9-17-19(10-12)13-2-4-14(5-3-13)20(22)23/h2-5,9-11,16H,6-8H2,1H3/t11-/m0/s1. The van der Waals surface area contributed by atoms with Gasteiger partial charge in [0.05, 0.1) is 22.4 Å². The number of piperazine rings is 1. The fraction of sp³-hybridized carbons (Fsp3) is 0.333. The Balaban J connectivity index is 1.79. The Labute approximate surface area is 132 Å². The first-order valence-corrected chi connectivity index (χ1v) is 7.37. The zero-order valence-electron chi connectivity index (χ0n) is 12.7. The molecule has 1 aromatic heterocycles. The maximum atomic E-state index is 12.6. The van der Waals surface area contributed by atoms with Crippen molar-refractivity contribution in [1.82, 2.24) is 20.0 Å². The summed E-state index contributed by atoms with van der Waals surface area (Å²) >= 11 is 0. The number of aromatic nitrogens is 2. The average molecular weight is 315 g/mol. The highest BCUT2D eigenvalue weighted by Gasteiger charge is 2.25. The minimum Gasteiger partial charge on any atom is -0.333 e. The zero-order valence-corrected chi connectivity index (χ0v) is 12.7. The van der Waals surface area contributed by atoms with Crippen molar-refractivity contribution in [2.24, 2.45) is 0 Å². The second-order valence-electron chi connectivity index (χ2n) is 5.50. The number of benzene rings is 1. The van der Waals surface area contributed by atoms with Gasteiger partial charge in [-0.2, -0.15) is 5.10 Å². The van der Waals surface area contributed by atoms with E-state index in [-0.39, 0.29) is 17.6 Å². The molecule has 1 saturated heterocycles. The van der Waals surface area contributed by atoms with E-state index >= 15 is 0 Å². The molecule has 1 amide bonds. The zero-order chi connectivity index (χ0) is 16.4. The van der Waals surface area contributed by atoms with Gasteiger partial charge in [-0.3, -0.25) is 14.9 Å². The van der Waals surface area contributed by atoms with Crippen LogP contribution >= 0.6 is 0 Å². The molecule has 0 saturated carbocycles. The highest BCUT2D eigenvalue weighted by atomic mass is 16.6. The lowest BCUT2D eigenvalue weighted by Crippen LogP contribution is -2.52. The molecule has 0 radical (unpaired) electrons. The van der Waals surface area contributed by atoms with Crippen LogP contribution in [0, 0.1) is 10.1 Å².